The predicted octanol–water partition coefficient (Wildman–Crippen LogP) is 2.79. The molecule has 3 N–H and O–H groups in total. The second-order valence-corrected chi connectivity index (χ2v) is 5.62. The maximum absolute atomic E-state index is 5.92. The van der Waals surface area contributed by atoms with Crippen LogP contribution in [0.5, 0.6) is 0 Å². The van der Waals surface area contributed by atoms with Crippen LogP contribution in [-0.2, 0) is 12.8 Å². The molecule has 0 spiro atoms. The molecule has 0 unspecified atom stereocenters. The van der Waals surface area contributed by atoms with E-state index in [4.69, 9.17) is 5.73 Å². The maximum Gasteiger partial charge on any atom is 0.177 e. The van der Waals surface area contributed by atoms with E-state index in [2.05, 4.69) is 35.9 Å². The first kappa shape index (κ1) is 13.1. The Morgan fingerprint density at radius 2 is 2.15 bits per heavy atom. The van der Waals surface area contributed by atoms with Gasteiger partial charge in [-0.25, -0.2) is 15.0 Å². The molecule has 0 bridgehead atoms. The molecule has 0 atom stereocenters. The highest BCUT2D eigenvalue weighted by atomic mass is 79.9. The number of nitrogens with one attached hydrogen (secondary N) is 1. The van der Waals surface area contributed by atoms with Crippen molar-refractivity contribution in [1.29, 1.82) is 0 Å². The van der Waals surface area contributed by atoms with E-state index in [0.717, 1.165) is 45.4 Å². The molecule has 0 saturated carbocycles. The third-order valence-corrected chi connectivity index (χ3v) is 3.72. The summed E-state index contributed by atoms with van der Waals surface area (Å²) in [5.74, 6) is 1.51. The fourth-order valence-corrected chi connectivity index (χ4v) is 2.55. The normalized spacial score (nSPS) is 11.1. The smallest absolute Gasteiger partial charge is 0.177 e. The summed E-state index contributed by atoms with van der Waals surface area (Å²) in [7, 11) is 0. The van der Waals surface area contributed by atoms with Crippen LogP contribution < -0.4 is 5.73 Å². The number of nitrogen functional groups attached to an aromatic ring is 1. The number of rotatable bonds is 3. The standard InChI is InChI=1S/C14H14BrN5/c1-8-4-5-17-13(16)10(8)2-3-12-19-11-6-9(15)7-18-14(11)20-12/h4-7H,2-3H2,1H3,(H2,16,17)(H,18,19,20). The number of aromatic nitrogens is 4. The average Bonchev–Trinajstić information content (AvgIpc) is 2.80. The van der Waals surface area contributed by atoms with E-state index in [-0.39, 0.29) is 0 Å². The van der Waals surface area contributed by atoms with Gasteiger partial charge >= 0.3 is 0 Å². The molecule has 0 aliphatic carbocycles. The molecular weight excluding hydrogens is 318 g/mol. The quantitative estimate of drug-likeness (QED) is 0.773. The average molecular weight is 332 g/mol. The van der Waals surface area contributed by atoms with Crippen LogP contribution in [0, 0.1) is 6.92 Å². The van der Waals surface area contributed by atoms with Crippen LogP contribution in [0.25, 0.3) is 11.2 Å². The van der Waals surface area contributed by atoms with Crippen molar-refractivity contribution in [3.05, 3.63) is 46.0 Å². The van der Waals surface area contributed by atoms with Crippen molar-refractivity contribution in [3.8, 4) is 0 Å². The molecule has 0 fully saturated rings. The fraction of sp³-hybridized carbons (Fsp3) is 0.214. The van der Waals surface area contributed by atoms with Gasteiger partial charge in [-0.3, -0.25) is 0 Å². The molecule has 0 saturated heterocycles. The number of imidazole rings is 1. The molecule has 0 aromatic carbocycles. The molecule has 3 aromatic rings. The number of H-pyrrole nitrogens is 1. The number of hydrogen-bond donors (Lipinski definition) is 2. The summed E-state index contributed by atoms with van der Waals surface area (Å²) in [5, 5.41) is 0. The lowest BCUT2D eigenvalue weighted by atomic mass is 10.1. The zero-order valence-electron chi connectivity index (χ0n) is 11.0. The number of nitrogens with two attached hydrogens (primary N) is 1. The molecule has 5 nitrogen and oxygen atoms in total. The zero-order valence-corrected chi connectivity index (χ0v) is 12.6. The largest absolute Gasteiger partial charge is 0.383 e. The molecule has 0 aliphatic heterocycles. The van der Waals surface area contributed by atoms with E-state index in [0.29, 0.717) is 5.82 Å². The Morgan fingerprint density at radius 1 is 1.30 bits per heavy atom. The first-order valence-electron chi connectivity index (χ1n) is 6.33. The van der Waals surface area contributed by atoms with Crippen molar-refractivity contribution < 1.29 is 0 Å². The van der Waals surface area contributed by atoms with Crippen molar-refractivity contribution in [2.45, 2.75) is 19.8 Å². The van der Waals surface area contributed by atoms with Gasteiger partial charge in [0.15, 0.2) is 5.65 Å². The number of halogens is 1. The molecule has 20 heavy (non-hydrogen) atoms. The van der Waals surface area contributed by atoms with Gasteiger partial charge in [-0.2, -0.15) is 0 Å². The van der Waals surface area contributed by atoms with Gasteiger partial charge in [-0.1, -0.05) is 0 Å². The molecule has 0 aliphatic rings. The summed E-state index contributed by atoms with van der Waals surface area (Å²) in [6.07, 6.45) is 5.07. The molecule has 0 amide bonds. The molecule has 3 rings (SSSR count). The molecule has 3 heterocycles. The highest BCUT2D eigenvalue weighted by molar-refractivity contribution is 9.10. The Balaban J connectivity index is 1.83. The Labute approximate surface area is 124 Å². The fourth-order valence-electron chi connectivity index (χ4n) is 2.22. The number of pyridine rings is 2. The highest BCUT2D eigenvalue weighted by Crippen LogP contribution is 2.18. The van der Waals surface area contributed by atoms with Crippen molar-refractivity contribution in [2.75, 3.05) is 5.73 Å². The Hall–Kier alpha value is -1.95. The van der Waals surface area contributed by atoms with Crippen LogP contribution in [0.1, 0.15) is 17.0 Å². The Bertz CT molecular complexity index is 745. The van der Waals surface area contributed by atoms with Gasteiger partial charge in [-0.05, 0) is 52.5 Å². The minimum Gasteiger partial charge on any atom is -0.383 e. The first-order chi connectivity index (χ1) is 9.63. The zero-order chi connectivity index (χ0) is 14.1. The second kappa shape index (κ2) is 5.20. The van der Waals surface area contributed by atoms with E-state index < -0.39 is 0 Å². The summed E-state index contributed by atoms with van der Waals surface area (Å²) in [6, 6.07) is 3.95. The van der Waals surface area contributed by atoms with Gasteiger partial charge in [-0.15, -0.1) is 0 Å². The van der Waals surface area contributed by atoms with Gasteiger partial charge in [0, 0.05) is 23.3 Å². The summed E-state index contributed by atoms with van der Waals surface area (Å²) < 4.78 is 0.938. The lowest BCUT2D eigenvalue weighted by Crippen LogP contribution is -2.02. The lowest BCUT2D eigenvalue weighted by molar-refractivity contribution is 0.879. The highest BCUT2D eigenvalue weighted by Gasteiger charge is 2.08. The lowest BCUT2D eigenvalue weighted by Gasteiger charge is -2.06. The number of aryl methyl sites for hydroxylation is 2. The number of fused-ring (bicyclic) bond motifs is 1. The molecule has 0 radical (unpaired) electrons. The summed E-state index contributed by atoms with van der Waals surface area (Å²) in [4.78, 5) is 16.2. The van der Waals surface area contributed by atoms with Crippen LogP contribution in [0.4, 0.5) is 5.82 Å². The van der Waals surface area contributed by atoms with E-state index in [9.17, 15) is 0 Å². The van der Waals surface area contributed by atoms with E-state index in [1.807, 2.05) is 19.1 Å². The number of anilines is 1. The molecule has 102 valence electrons. The van der Waals surface area contributed by atoms with Gasteiger partial charge in [0.2, 0.25) is 0 Å². The molecule has 6 heteroatoms. The maximum atomic E-state index is 5.92. The Kier molecular flexibility index (Phi) is 3.40. The van der Waals surface area contributed by atoms with Crippen LogP contribution in [0.15, 0.2) is 29.0 Å². The van der Waals surface area contributed by atoms with Crippen LogP contribution in [-0.4, -0.2) is 19.9 Å². The monoisotopic (exact) mass is 331 g/mol. The first-order valence-corrected chi connectivity index (χ1v) is 7.13. The topological polar surface area (TPSA) is 80.5 Å². The van der Waals surface area contributed by atoms with Gasteiger partial charge < -0.3 is 10.7 Å². The van der Waals surface area contributed by atoms with Crippen molar-refractivity contribution in [3.63, 3.8) is 0 Å². The number of aromatic amines is 1. The number of nitrogens with zero attached hydrogens (tertiary/aromatic N) is 3. The van der Waals surface area contributed by atoms with Crippen molar-refractivity contribution >= 4 is 32.9 Å². The van der Waals surface area contributed by atoms with Crippen molar-refractivity contribution in [2.24, 2.45) is 0 Å². The Morgan fingerprint density at radius 3 is 2.95 bits per heavy atom. The van der Waals surface area contributed by atoms with Gasteiger partial charge in [0.25, 0.3) is 0 Å². The third kappa shape index (κ3) is 2.51. The van der Waals surface area contributed by atoms with E-state index in [1.165, 1.54) is 0 Å². The SMILES string of the molecule is Cc1ccnc(N)c1CCc1nc2ncc(Br)cc2[nH]1. The number of hydrogen-bond acceptors (Lipinski definition) is 4. The van der Waals surface area contributed by atoms with E-state index >= 15 is 0 Å². The second-order valence-electron chi connectivity index (χ2n) is 4.70. The molecule has 3 aromatic heterocycles. The third-order valence-electron chi connectivity index (χ3n) is 3.29. The van der Waals surface area contributed by atoms with Gasteiger partial charge in [0.1, 0.15) is 11.6 Å². The van der Waals surface area contributed by atoms with Crippen LogP contribution >= 0.6 is 15.9 Å². The summed E-state index contributed by atoms with van der Waals surface area (Å²) in [6.45, 7) is 2.05. The predicted molar refractivity (Wildman–Crippen MR) is 82.4 cm³/mol. The van der Waals surface area contributed by atoms with Crippen LogP contribution in [0.2, 0.25) is 0 Å². The van der Waals surface area contributed by atoms with Crippen molar-refractivity contribution in [1.82, 2.24) is 19.9 Å². The van der Waals surface area contributed by atoms with Crippen LogP contribution in [0.3, 0.4) is 0 Å². The summed E-state index contributed by atoms with van der Waals surface area (Å²) in [5.41, 5.74) is 9.84. The minimum absolute atomic E-state index is 0.599. The minimum atomic E-state index is 0.599. The van der Waals surface area contributed by atoms with E-state index in [1.54, 1.807) is 12.4 Å². The molecular formula is C14H14BrN5. The van der Waals surface area contributed by atoms with Gasteiger partial charge in [0.05, 0.1) is 5.52 Å². The summed E-state index contributed by atoms with van der Waals surface area (Å²) >= 11 is 3.40.